The Balaban J connectivity index is 1.65. The van der Waals surface area contributed by atoms with Gasteiger partial charge in [-0.1, -0.05) is 50.2 Å². The van der Waals surface area contributed by atoms with Crippen LogP contribution in [0.2, 0.25) is 0 Å². The van der Waals surface area contributed by atoms with Crippen LogP contribution in [-0.4, -0.2) is 14.2 Å². The molecule has 0 aromatic heterocycles. The second kappa shape index (κ2) is 8.45. The highest BCUT2D eigenvalue weighted by atomic mass is 16.5. The number of allylic oxidation sites excluding steroid dienone is 4. The van der Waals surface area contributed by atoms with E-state index in [1.54, 1.807) is 14.2 Å². The lowest BCUT2D eigenvalue weighted by atomic mass is 9.71. The molecular weight excluding hydrogens is 428 g/mol. The van der Waals surface area contributed by atoms with E-state index >= 15 is 0 Å². The smallest absolute Gasteiger partial charge is 0.119 e. The summed E-state index contributed by atoms with van der Waals surface area (Å²) in [6, 6.07) is 22.4. The normalized spacial score (nSPS) is 22.3. The van der Waals surface area contributed by atoms with Crippen LogP contribution in [0, 0.1) is 5.41 Å². The molecule has 0 heterocycles. The molecule has 3 aliphatic carbocycles. The van der Waals surface area contributed by atoms with E-state index in [9.17, 15) is 0 Å². The van der Waals surface area contributed by atoms with E-state index in [2.05, 4.69) is 74.5 Å². The number of rotatable bonds is 2. The monoisotopic (exact) mass is 462 g/mol. The predicted octanol–water partition coefficient (Wildman–Crippen LogP) is 8.24. The van der Waals surface area contributed by atoms with Gasteiger partial charge in [0.1, 0.15) is 11.5 Å². The Morgan fingerprint density at radius 1 is 0.571 bits per heavy atom. The molecule has 2 nitrogen and oxygen atoms in total. The largest absolute Gasteiger partial charge is 0.497 e. The molecule has 0 bridgehead atoms. The fourth-order valence-corrected chi connectivity index (χ4v) is 6.86. The van der Waals surface area contributed by atoms with Gasteiger partial charge in [-0.15, -0.1) is 0 Å². The Bertz CT molecular complexity index is 1280. The number of methoxy groups -OCH3 is 2. The van der Waals surface area contributed by atoms with E-state index in [1.165, 1.54) is 68.5 Å². The molecular formula is C33H34O2. The Morgan fingerprint density at radius 3 is 1.46 bits per heavy atom. The standard InChI is InChI=1S/C33H34O2/c1-33(2)31(27-13-7-9-21-15-17-23(34-3)19-29(21)27)25-11-5-6-12-26(25)32(33)28-14-8-10-22-16-18-24(35-4)20-30(22)28/h5-6,11-12,15-20H,7-10,13-14H2,1-4H3/b31-27-,32-28-. The van der Waals surface area contributed by atoms with Gasteiger partial charge in [0.2, 0.25) is 0 Å². The van der Waals surface area contributed by atoms with Gasteiger partial charge in [0.05, 0.1) is 14.2 Å². The van der Waals surface area contributed by atoms with Crippen molar-refractivity contribution in [1.29, 1.82) is 0 Å². The molecule has 3 aromatic carbocycles. The van der Waals surface area contributed by atoms with E-state index in [0.717, 1.165) is 37.2 Å². The first kappa shape index (κ1) is 22.2. The first-order chi connectivity index (χ1) is 17.0. The lowest BCUT2D eigenvalue weighted by Gasteiger charge is -2.32. The number of hydrogen-bond donors (Lipinski definition) is 0. The summed E-state index contributed by atoms with van der Waals surface area (Å²) in [5, 5.41) is 0. The summed E-state index contributed by atoms with van der Waals surface area (Å²) in [6.45, 7) is 4.89. The van der Waals surface area contributed by atoms with Crippen LogP contribution in [0.5, 0.6) is 11.5 Å². The van der Waals surface area contributed by atoms with Crippen molar-refractivity contribution in [2.24, 2.45) is 5.41 Å². The molecule has 0 saturated heterocycles. The third kappa shape index (κ3) is 3.45. The van der Waals surface area contributed by atoms with Gasteiger partial charge >= 0.3 is 0 Å². The summed E-state index contributed by atoms with van der Waals surface area (Å²) in [6.07, 6.45) is 6.89. The molecule has 178 valence electrons. The maximum absolute atomic E-state index is 5.65. The second-order valence-electron chi connectivity index (χ2n) is 10.6. The Morgan fingerprint density at radius 2 is 1.03 bits per heavy atom. The third-order valence-corrected chi connectivity index (χ3v) is 8.35. The van der Waals surface area contributed by atoms with Crippen LogP contribution in [0.1, 0.15) is 72.9 Å². The lowest BCUT2D eigenvalue weighted by Crippen LogP contribution is -2.16. The molecule has 35 heavy (non-hydrogen) atoms. The van der Waals surface area contributed by atoms with Gasteiger partial charge in [0.25, 0.3) is 0 Å². The molecule has 6 rings (SSSR count). The van der Waals surface area contributed by atoms with Gasteiger partial charge in [-0.05, 0) is 118 Å². The molecule has 0 radical (unpaired) electrons. The van der Waals surface area contributed by atoms with Crippen molar-refractivity contribution in [3.05, 3.63) is 94.0 Å². The van der Waals surface area contributed by atoms with Crippen LogP contribution in [0.4, 0.5) is 0 Å². The molecule has 0 spiro atoms. The van der Waals surface area contributed by atoms with Gasteiger partial charge in [0, 0.05) is 5.41 Å². The van der Waals surface area contributed by atoms with Crippen molar-refractivity contribution in [2.45, 2.75) is 52.4 Å². The lowest BCUT2D eigenvalue weighted by molar-refractivity contribution is 0.414. The van der Waals surface area contributed by atoms with Gasteiger partial charge in [-0.3, -0.25) is 0 Å². The molecule has 0 amide bonds. The molecule has 0 unspecified atom stereocenters. The first-order valence-electron chi connectivity index (χ1n) is 12.9. The molecule has 0 aliphatic heterocycles. The highest BCUT2D eigenvalue weighted by Gasteiger charge is 2.43. The first-order valence-corrected chi connectivity index (χ1v) is 12.9. The summed E-state index contributed by atoms with van der Waals surface area (Å²) in [7, 11) is 3.53. The van der Waals surface area contributed by atoms with E-state index in [0.29, 0.717) is 0 Å². The number of benzene rings is 3. The Hall–Kier alpha value is -3.26. The molecule has 0 N–H and O–H groups in total. The minimum atomic E-state index is -0.0935. The maximum atomic E-state index is 5.65. The van der Waals surface area contributed by atoms with Gasteiger partial charge in [-0.2, -0.15) is 0 Å². The highest BCUT2D eigenvalue weighted by Crippen LogP contribution is 2.61. The minimum absolute atomic E-state index is 0.0935. The zero-order valence-corrected chi connectivity index (χ0v) is 21.3. The molecule has 0 fully saturated rings. The van der Waals surface area contributed by atoms with Crippen LogP contribution >= 0.6 is 0 Å². The van der Waals surface area contributed by atoms with Crippen LogP contribution in [0.3, 0.4) is 0 Å². The van der Waals surface area contributed by atoms with Crippen molar-refractivity contribution in [3.63, 3.8) is 0 Å². The topological polar surface area (TPSA) is 18.5 Å². The predicted molar refractivity (Wildman–Crippen MR) is 146 cm³/mol. The van der Waals surface area contributed by atoms with E-state index < -0.39 is 0 Å². The summed E-state index contributed by atoms with van der Waals surface area (Å²) >= 11 is 0. The molecule has 3 aliphatic rings. The SMILES string of the molecule is COc1ccc2c(c1)/C(=C1/c3ccccc3/C(=C3\CCCc4ccc(OC)cc43)C1(C)C)CCC2. The number of aryl methyl sites for hydroxylation is 2. The zero-order chi connectivity index (χ0) is 24.2. The number of ether oxygens (including phenoxy) is 2. The van der Waals surface area contributed by atoms with E-state index in [-0.39, 0.29) is 5.41 Å². The number of fused-ring (bicyclic) bond motifs is 3. The average Bonchev–Trinajstić information content (AvgIpc) is 3.13. The van der Waals surface area contributed by atoms with Gasteiger partial charge < -0.3 is 9.47 Å². The molecule has 0 atom stereocenters. The van der Waals surface area contributed by atoms with E-state index in [4.69, 9.17) is 9.47 Å². The van der Waals surface area contributed by atoms with Crippen LogP contribution < -0.4 is 9.47 Å². The molecule has 0 saturated carbocycles. The Kier molecular flexibility index (Phi) is 5.36. The van der Waals surface area contributed by atoms with Crippen molar-refractivity contribution < 1.29 is 9.47 Å². The number of hydrogen-bond acceptors (Lipinski definition) is 2. The van der Waals surface area contributed by atoms with Crippen molar-refractivity contribution in [3.8, 4) is 11.5 Å². The maximum Gasteiger partial charge on any atom is 0.119 e. The van der Waals surface area contributed by atoms with E-state index in [1.807, 2.05) is 0 Å². The molecule has 2 heteroatoms. The van der Waals surface area contributed by atoms with Crippen molar-refractivity contribution in [2.75, 3.05) is 14.2 Å². The van der Waals surface area contributed by atoms with Crippen LogP contribution in [0.25, 0.3) is 22.3 Å². The van der Waals surface area contributed by atoms with Gasteiger partial charge in [-0.25, -0.2) is 0 Å². The third-order valence-electron chi connectivity index (χ3n) is 8.35. The fourth-order valence-electron chi connectivity index (χ4n) is 6.86. The van der Waals surface area contributed by atoms with Gasteiger partial charge in [0.15, 0.2) is 0 Å². The summed E-state index contributed by atoms with van der Waals surface area (Å²) in [5.41, 5.74) is 14.4. The van der Waals surface area contributed by atoms with Crippen molar-refractivity contribution >= 4 is 22.3 Å². The minimum Gasteiger partial charge on any atom is -0.497 e. The summed E-state index contributed by atoms with van der Waals surface area (Å²) in [5.74, 6) is 1.89. The average molecular weight is 463 g/mol. The molecule has 3 aromatic rings. The highest BCUT2D eigenvalue weighted by molar-refractivity contribution is 6.12. The van der Waals surface area contributed by atoms with Crippen molar-refractivity contribution in [1.82, 2.24) is 0 Å². The zero-order valence-electron chi connectivity index (χ0n) is 21.3. The quantitative estimate of drug-likeness (QED) is 0.382. The van der Waals surface area contributed by atoms with Crippen LogP contribution in [-0.2, 0) is 12.8 Å². The summed E-state index contributed by atoms with van der Waals surface area (Å²) in [4.78, 5) is 0. The second-order valence-corrected chi connectivity index (χ2v) is 10.6. The fraction of sp³-hybridized carbons (Fsp3) is 0.333. The summed E-state index contributed by atoms with van der Waals surface area (Å²) < 4.78 is 11.3. The Labute approximate surface area is 209 Å². The van der Waals surface area contributed by atoms with Crippen LogP contribution in [0.15, 0.2) is 60.7 Å².